The van der Waals surface area contributed by atoms with Crippen LogP contribution in [0.3, 0.4) is 0 Å². The maximum atomic E-state index is 12.3. The van der Waals surface area contributed by atoms with Gasteiger partial charge in [0.15, 0.2) is 0 Å². The first kappa shape index (κ1) is 12.7. The van der Waals surface area contributed by atoms with Gasteiger partial charge in [-0.15, -0.1) is 0 Å². The van der Waals surface area contributed by atoms with E-state index in [1.165, 1.54) is 0 Å². The summed E-state index contributed by atoms with van der Waals surface area (Å²) in [4.78, 5) is 14.3. The first-order chi connectivity index (χ1) is 7.82. The van der Waals surface area contributed by atoms with Crippen molar-refractivity contribution in [2.45, 2.75) is 52.1 Å². The number of hydrogen-bond donors (Lipinski definition) is 1. The molecule has 2 heterocycles. The van der Waals surface area contributed by atoms with E-state index in [-0.39, 0.29) is 17.0 Å². The van der Waals surface area contributed by atoms with Gasteiger partial charge in [-0.25, -0.2) is 4.79 Å². The van der Waals surface area contributed by atoms with Gasteiger partial charge in [-0.3, -0.25) is 0 Å². The molecule has 1 atom stereocenters. The number of ether oxygens (including phenoxy) is 1. The van der Waals surface area contributed by atoms with Crippen molar-refractivity contribution in [2.24, 2.45) is 5.41 Å². The van der Waals surface area contributed by atoms with E-state index in [1.54, 1.807) is 0 Å². The molecule has 0 saturated carbocycles. The van der Waals surface area contributed by atoms with Crippen molar-refractivity contribution >= 4 is 6.03 Å². The van der Waals surface area contributed by atoms with Gasteiger partial charge in [0, 0.05) is 12.6 Å². The lowest BCUT2D eigenvalue weighted by molar-refractivity contribution is -0.0598. The summed E-state index contributed by atoms with van der Waals surface area (Å²) in [5.74, 6) is 0. The van der Waals surface area contributed by atoms with E-state index in [0.717, 1.165) is 19.4 Å². The fourth-order valence-corrected chi connectivity index (χ4v) is 2.72. The summed E-state index contributed by atoms with van der Waals surface area (Å²) in [7, 11) is 0. The second kappa shape index (κ2) is 4.16. The average molecular weight is 240 g/mol. The largest absolute Gasteiger partial charge is 0.376 e. The van der Waals surface area contributed by atoms with E-state index in [9.17, 15) is 4.79 Å². The molecule has 4 nitrogen and oxygen atoms in total. The summed E-state index contributed by atoms with van der Waals surface area (Å²) in [6.07, 6.45) is 2.23. The number of nitrogens with one attached hydrogen (secondary N) is 1. The topological polar surface area (TPSA) is 41.6 Å². The number of nitrogens with zero attached hydrogens (tertiary/aromatic N) is 1. The van der Waals surface area contributed by atoms with Crippen molar-refractivity contribution < 1.29 is 9.53 Å². The predicted octanol–water partition coefficient (Wildman–Crippen LogP) is 2.00. The molecule has 1 N–H and O–H groups in total. The molecule has 0 aliphatic carbocycles. The molecule has 2 amide bonds. The second-order valence-corrected chi connectivity index (χ2v) is 6.70. The van der Waals surface area contributed by atoms with Gasteiger partial charge in [0.05, 0.1) is 18.8 Å². The van der Waals surface area contributed by atoms with Crippen molar-refractivity contribution in [3.05, 3.63) is 0 Å². The molecular formula is C13H24N2O2. The molecule has 0 spiro atoms. The number of amides is 2. The van der Waals surface area contributed by atoms with E-state index in [2.05, 4.69) is 26.1 Å². The van der Waals surface area contributed by atoms with Gasteiger partial charge in [0.25, 0.3) is 0 Å². The highest BCUT2D eigenvalue weighted by atomic mass is 16.5. The van der Waals surface area contributed by atoms with Crippen molar-refractivity contribution in [1.29, 1.82) is 0 Å². The van der Waals surface area contributed by atoms with Crippen LogP contribution in [0.1, 0.15) is 40.5 Å². The minimum atomic E-state index is -0.151. The van der Waals surface area contributed by atoms with Gasteiger partial charge in [0.1, 0.15) is 0 Å². The zero-order valence-electron chi connectivity index (χ0n) is 11.4. The van der Waals surface area contributed by atoms with Gasteiger partial charge in [-0.1, -0.05) is 20.8 Å². The highest BCUT2D eigenvalue weighted by Crippen LogP contribution is 2.33. The maximum absolute atomic E-state index is 12.3. The first-order valence-corrected chi connectivity index (χ1v) is 6.48. The van der Waals surface area contributed by atoms with Crippen LogP contribution in [0.25, 0.3) is 0 Å². The number of likely N-dealkylation sites (tertiary alicyclic amines) is 1. The van der Waals surface area contributed by atoms with Crippen LogP contribution in [0.15, 0.2) is 0 Å². The van der Waals surface area contributed by atoms with E-state index in [4.69, 9.17) is 4.74 Å². The summed E-state index contributed by atoms with van der Waals surface area (Å²) in [5, 5.41) is 3.10. The Labute approximate surface area is 104 Å². The Kier molecular flexibility index (Phi) is 3.10. The quantitative estimate of drug-likeness (QED) is 0.761. The predicted molar refractivity (Wildman–Crippen MR) is 66.9 cm³/mol. The Morgan fingerprint density at radius 3 is 2.53 bits per heavy atom. The standard InChI is InChI=1S/C13H24N2O2/c1-12(2,3)10-6-5-7-15(10)11(16)14-13(4)8-17-9-13/h10H,5-9H2,1-4H3,(H,14,16). The van der Waals surface area contributed by atoms with Crippen molar-refractivity contribution in [2.75, 3.05) is 19.8 Å². The minimum absolute atomic E-state index is 0.0771. The van der Waals surface area contributed by atoms with E-state index in [1.807, 2.05) is 11.8 Å². The Morgan fingerprint density at radius 1 is 1.41 bits per heavy atom. The van der Waals surface area contributed by atoms with Gasteiger partial charge in [-0.2, -0.15) is 0 Å². The molecule has 0 radical (unpaired) electrons. The molecule has 2 saturated heterocycles. The molecule has 2 aliphatic rings. The lowest BCUT2D eigenvalue weighted by Gasteiger charge is -2.42. The summed E-state index contributed by atoms with van der Waals surface area (Å²) in [6.45, 7) is 10.8. The molecule has 2 rings (SSSR count). The molecule has 17 heavy (non-hydrogen) atoms. The van der Waals surface area contributed by atoms with E-state index >= 15 is 0 Å². The SMILES string of the molecule is CC1(NC(=O)N2CCCC2C(C)(C)C)COC1. The first-order valence-electron chi connectivity index (χ1n) is 6.48. The molecular weight excluding hydrogens is 216 g/mol. The zero-order valence-corrected chi connectivity index (χ0v) is 11.4. The molecule has 1 unspecified atom stereocenters. The number of carbonyl (C=O) groups excluding carboxylic acids is 1. The van der Waals surface area contributed by atoms with Crippen molar-refractivity contribution in [1.82, 2.24) is 10.2 Å². The second-order valence-electron chi connectivity index (χ2n) is 6.70. The fraction of sp³-hybridized carbons (Fsp3) is 0.923. The summed E-state index contributed by atoms with van der Waals surface area (Å²) in [5.41, 5.74) is 0.00691. The molecule has 98 valence electrons. The normalized spacial score (nSPS) is 27.8. The van der Waals surface area contributed by atoms with E-state index in [0.29, 0.717) is 19.3 Å². The maximum Gasteiger partial charge on any atom is 0.318 e. The highest BCUT2D eigenvalue weighted by Gasteiger charge is 2.41. The smallest absolute Gasteiger partial charge is 0.318 e. The van der Waals surface area contributed by atoms with Crippen LogP contribution >= 0.6 is 0 Å². The van der Waals surface area contributed by atoms with E-state index < -0.39 is 0 Å². The summed E-state index contributed by atoms with van der Waals surface area (Å²) in [6, 6.07) is 0.431. The molecule has 0 aromatic rings. The fourth-order valence-electron chi connectivity index (χ4n) is 2.72. The third-order valence-electron chi connectivity index (χ3n) is 3.76. The molecule has 2 fully saturated rings. The monoisotopic (exact) mass is 240 g/mol. The third-order valence-corrected chi connectivity index (χ3v) is 3.76. The van der Waals surface area contributed by atoms with Crippen LogP contribution in [-0.2, 0) is 4.74 Å². The molecule has 0 aromatic heterocycles. The number of hydrogen-bond acceptors (Lipinski definition) is 2. The lowest BCUT2D eigenvalue weighted by Crippen LogP contribution is -2.63. The van der Waals surface area contributed by atoms with Crippen LogP contribution in [0.5, 0.6) is 0 Å². The van der Waals surface area contributed by atoms with Gasteiger partial charge in [-0.05, 0) is 25.2 Å². The van der Waals surface area contributed by atoms with Gasteiger partial charge < -0.3 is 15.0 Å². The number of rotatable bonds is 1. The lowest BCUT2D eigenvalue weighted by atomic mass is 9.85. The van der Waals surface area contributed by atoms with Crippen LogP contribution in [-0.4, -0.2) is 42.3 Å². The van der Waals surface area contributed by atoms with Crippen molar-refractivity contribution in [3.8, 4) is 0 Å². The van der Waals surface area contributed by atoms with Crippen LogP contribution < -0.4 is 5.32 Å². The van der Waals surface area contributed by atoms with Crippen molar-refractivity contribution in [3.63, 3.8) is 0 Å². The van der Waals surface area contributed by atoms with Crippen LogP contribution in [0, 0.1) is 5.41 Å². The molecule has 4 heteroatoms. The van der Waals surface area contributed by atoms with Gasteiger partial charge in [0.2, 0.25) is 0 Å². The molecule has 0 bridgehead atoms. The zero-order chi connectivity index (χ0) is 12.7. The minimum Gasteiger partial charge on any atom is -0.376 e. The van der Waals surface area contributed by atoms with Crippen LogP contribution in [0.2, 0.25) is 0 Å². The molecule has 0 aromatic carbocycles. The summed E-state index contributed by atoms with van der Waals surface area (Å²) >= 11 is 0. The number of carbonyl (C=O) groups is 1. The Hall–Kier alpha value is -0.770. The third kappa shape index (κ3) is 2.57. The number of urea groups is 1. The van der Waals surface area contributed by atoms with Crippen LogP contribution in [0.4, 0.5) is 4.79 Å². The van der Waals surface area contributed by atoms with Gasteiger partial charge >= 0.3 is 6.03 Å². The Bertz CT molecular complexity index is 305. The Morgan fingerprint density at radius 2 is 2.06 bits per heavy atom. The average Bonchev–Trinajstić information content (AvgIpc) is 2.62. The Balaban J connectivity index is 1.98. The molecule has 2 aliphatic heterocycles. The summed E-state index contributed by atoms with van der Waals surface area (Å²) < 4.78 is 5.16. The highest BCUT2D eigenvalue weighted by molar-refractivity contribution is 5.76.